The van der Waals surface area contributed by atoms with Crippen LogP contribution >= 0.6 is 23.1 Å². The number of phenolic OH excluding ortho intramolecular Hbond substituents is 2. The molecule has 0 saturated carbocycles. The van der Waals surface area contributed by atoms with Crippen molar-refractivity contribution in [2.45, 2.75) is 5.92 Å². The Kier molecular flexibility index (Phi) is 3.52. The number of benzene rings is 1. The summed E-state index contributed by atoms with van der Waals surface area (Å²) in [6.45, 7) is 0. The Morgan fingerprint density at radius 1 is 1.33 bits per heavy atom. The van der Waals surface area contributed by atoms with Crippen LogP contribution in [0.4, 0.5) is 0 Å². The van der Waals surface area contributed by atoms with E-state index in [2.05, 4.69) is 4.98 Å². The second kappa shape index (κ2) is 5.34. The molecule has 0 amide bonds. The van der Waals surface area contributed by atoms with Gasteiger partial charge in [0.05, 0.1) is 9.95 Å². The van der Waals surface area contributed by atoms with Crippen LogP contribution in [0.25, 0.3) is 6.08 Å². The van der Waals surface area contributed by atoms with Crippen molar-refractivity contribution in [1.29, 1.82) is 5.41 Å². The van der Waals surface area contributed by atoms with Gasteiger partial charge in [-0.15, -0.1) is 11.3 Å². The summed E-state index contributed by atoms with van der Waals surface area (Å²) in [6.07, 6.45) is 3.14. The lowest BCUT2D eigenvalue weighted by Crippen LogP contribution is -2.11. The van der Waals surface area contributed by atoms with Crippen LogP contribution in [0.5, 0.6) is 11.5 Å². The SMILES string of the molecule is N=C1S/C(=C\c2ccc(O)cc2O)C(=O)[C@H]1c1nccs1. The number of rotatable bonds is 2. The van der Waals surface area contributed by atoms with Gasteiger partial charge in [-0.05, 0) is 18.2 Å². The largest absolute Gasteiger partial charge is 0.508 e. The predicted molar refractivity (Wildman–Crippen MR) is 82.9 cm³/mol. The molecule has 1 aromatic heterocycles. The number of aromatic hydroxyl groups is 2. The molecule has 1 saturated heterocycles. The maximum atomic E-state index is 12.4. The Morgan fingerprint density at radius 3 is 2.81 bits per heavy atom. The maximum absolute atomic E-state index is 12.4. The summed E-state index contributed by atoms with van der Waals surface area (Å²) in [7, 11) is 0. The van der Waals surface area contributed by atoms with Crippen molar-refractivity contribution < 1.29 is 15.0 Å². The van der Waals surface area contributed by atoms with Crippen molar-refractivity contribution in [3.8, 4) is 11.5 Å². The average Bonchev–Trinajstić information content (AvgIpc) is 3.02. The van der Waals surface area contributed by atoms with E-state index in [9.17, 15) is 15.0 Å². The smallest absolute Gasteiger partial charge is 0.186 e. The topological polar surface area (TPSA) is 94.3 Å². The molecule has 0 spiro atoms. The number of phenols is 2. The zero-order valence-electron chi connectivity index (χ0n) is 10.6. The van der Waals surface area contributed by atoms with Crippen molar-refractivity contribution in [2.24, 2.45) is 0 Å². The second-order valence-electron chi connectivity index (χ2n) is 4.39. The number of aromatic nitrogens is 1. The molecule has 5 nitrogen and oxygen atoms in total. The van der Waals surface area contributed by atoms with Gasteiger partial charge >= 0.3 is 0 Å². The van der Waals surface area contributed by atoms with Crippen molar-refractivity contribution >= 4 is 40.0 Å². The van der Waals surface area contributed by atoms with Crippen molar-refractivity contribution in [1.82, 2.24) is 4.98 Å². The number of carbonyl (C=O) groups excluding carboxylic acids is 1. The molecule has 21 heavy (non-hydrogen) atoms. The van der Waals surface area contributed by atoms with Crippen molar-refractivity contribution in [3.05, 3.63) is 45.3 Å². The molecule has 3 rings (SSSR count). The van der Waals surface area contributed by atoms with Gasteiger partial charge in [-0.25, -0.2) is 4.98 Å². The Labute approximate surface area is 128 Å². The molecule has 0 unspecified atom stereocenters. The minimum absolute atomic E-state index is 0.0477. The van der Waals surface area contributed by atoms with E-state index in [0.29, 0.717) is 15.5 Å². The molecule has 1 fully saturated rings. The standard InChI is InChI=1S/C14H10N2O3S2/c15-13-11(14-16-3-4-20-14)12(19)10(21-13)5-7-1-2-8(17)6-9(7)18/h1-6,11,15,17-18H/b10-5-,15-13?/t11-/m1/s1. The molecule has 7 heteroatoms. The number of allylic oxidation sites excluding steroid dienone is 1. The van der Waals surface area contributed by atoms with Crippen LogP contribution in [0, 0.1) is 5.41 Å². The van der Waals surface area contributed by atoms with Gasteiger partial charge in [0.25, 0.3) is 0 Å². The van der Waals surface area contributed by atoms with Crippen LogP contribution in [0.15, 0.2) is 34.7 Å². The van der Waals surface area contributed by atoms with E-state index in [0.717, 1.165) is 11.8 Å². The molecule has 3 N–H and O–H groups in total. The van der Waals surface area contributed by atoms with Gasteiger partial charge in [0.1, 0.15) is 22.4 Å². The van der Waals surface area contributed by atoms with E-state index in [-0.39, 0.29) is 22.3 Å². The lowest BCUT2D eigenvalue weighted by molar-refractivity contribution is -0.114. The first-order valence-corrected chi connectivity index (χ1v) is 7.69. The fourth-order valence-corrected chi connectivity index (χ4v) is 3.78. The molecule has 1 aromatic carbocycles. The third kappa shape index (κ3) is 2.57. The predicted octanol–water partition coefficient (Wildman–Crippen LogP) is 2.97. The monoisotopic (exact) mass is 318 g/mol. The highest BCUT2D eigenvalue weighted by Crippen LogP contribution is 2.41. The van der Waals surface area contributed by atoms with Crippen LogP contribution in [-0.4, -0.2) is 26.0 Å². The number of thioether (sulfide) groups is 1. The van der Waals surface area contributed by atoms with Gasteiger partial charge < -0.3 is 10.2 Å². The first-order valence-electron chi connectivity index (χ1n) is 6.00. The van der Waals surface area contributed by atoms with Gasteiger partial charge in [0.15, 0.2) is 5.78 Å². The number of hydrogen-bond acceptors (Lipinski definition) is 7. The molecule has 0 radical (unpaired) electrons. The van der Waals surface area contributed by atoms with Crippen molar-refractivity contribution in [3.63, 3.8) is 0 Å². The number of nitrogens with zero attached hydrogens (tertiary/aromatic N) is 1. The third-order valence-corrected chi connectivity index (χ3v) is 4.82. The lowest BCUT2D eigenvalue weighted by Gasteiger charge is -2.02. The van der Waals surface area contributed by atoms with Crippen LogP contribution in [0.1, 0.15) is 16.5 Å². The zero-order chi connectivity index (χ0) is 15.0. The number of hydrogen-bond donors (Lipinski definition) is 3. The first-order chi connectivity index (χ1) is 10.1. The molecule has 106 valence electrons. The van der Waals surface area contributed by atoms with Crippen LogP contribution in [-0.2, 0) is 4.79 Å². The summed E-state index contributed by atoms with van der Waals surface area (Å²) < 4.78 is 0. The normalized spacial score (nSPS) is 20.4. The molecule has 1 aliphatic heterocycles. The Bertz CT molecular complexity index is 754. The van der Waals surface area contributed by atoms with Crippen molar-refractivity contribution in [2.75, 3.05) is 0 Å². The number of Topliss-reactive ketones (excluding diaryl/α,β-unsaturated/α-hetero) is 1. The van der Waals surface area contributed by atoms with E-state index in [4.69, 9.17) is 5.41 Å². The van der Waals surface area contributed by atoms with Gasteiger partial charge in [-0.2, -0.15) is 0 Å². The Balaban J connectivity index is 1.95. The summed E-state index contributed by atoms with van der Waals surface area (Å²) in [5.41, 5.74) is 0.427. The zero-order valence-corrected chi connectivity index (χ0v) is 12.2. The number of nitrogens with one attached hydrogen (secondary N) is 1. The van der Waals surface area contributed by atoms with E-state index in [1.54, 1.807) is 11.6 Å². The maximum Gasteiger partial charge on any atom is 0.186 e. The molecular weight excluding hydrogens is 308 g/mol. The molecule has 0 bridgehead atoms. The summed E-state index contributed by atoms with van der Waals surface area (Å²) >= 11 is 2.42. The minimum Gasteiger partial charge on any atom is -0.508 e. The summed E-state index contributed by atoms with van der Waals surface area (Å²) in [6, 6.07) is 4.16. The highest BCUT2D eigenvalue weighted by Gasteiger charge is 2.38. The molecule has 1 atom stereocenters. The van der Waals surface area contributed by atoms with Gasteiger partial charge in [-0.1, -0.05) is 11.8 Å². The molecular formula is C14H10N2O3S2. The highest BCUT2D eigenvalue weighted by molar-refractivity contribution is 8.19. The fraction of sp³-hybridized carbons (Fsp3) is 0.0714. The molecule has 2 aromatic rings. The van der Waals surface area contributed by atoms with E-state index < -0.39 is 5.92 Å². The van der Waals surface area contributed by atoms with E-state index in [1.807, 2.05) is 0 Å². The minimum atomic E-state index is -0.638. The van der Waals surface area contributed by atoms with Gasteiger partial charge in [0.2, 0.25) is 0 Å². The third-order valence-electron chi connectivity index (χ3n) is 2.99. The summed E-state index contributed by atoms with van der Waals surface area (Å²) in [5.74, 6) is -0.985. The average molecular weight is 318 g/mol. The molecule has 2 heterocycles. The second-order valence-corrected chi connectivity index (χ2v) is 6.40. The van der Waals surface area contributed by atoms with Gasteiger partial charge in [0, 0.05) is 23.2 Å². The number of carbonyl (C=O) groups is 1. The number of thiazole rings is 1. The van der Waals surface area contributed by atoms with Crippen LogP contribution < -0.4 is 0 Å². The quantitative estimate of drug-likeness (QED) is 0.740. The molecule has 1 aliphatic rings. The number of ketones is 1. The summed E-state index contributed by atoms with van der Waals surface area (Å²) in [4.78, 5) is 16.9. The summed E-state index contributed by atoms with van der Waals surface area (Å²) in [5, 5.41) is 29.6. The van der Waals surface area contributed by atoms with E-state index >= 15 is 0 Å². The van der Waals surface area contributed by atoms with Crippen LogP contribution in [0.3, 0.4) is 0 Å². The highest BCUT2D eigenvalue weighted by atomic mass is 32.2. The van der Waals surface area contributed by atoms with E-state index in [1.165, 1.54) is 35.6 Å². The van der Waals surface area contributed by atoms with Crippen LogP contribution in [0.2, 0.25) is 0 Å². The first kappa shape index (κ1) is 13.8. The Hall–Kier alpha value is -2.12. The van der Waals surface area contributed by atoms with Gasteiger partial charge in [-0.3, -0.25) is 10.2 Å². The molecule has 0 aliphatic carbocycles. The Morgan fingerprint density at radius 2 is 2.14 bits per heavy atom. The lowest BCUT2D eigenvalue weighted by atomic mass is 10.0. The fourth-order valence-electron chi connectivity index (χ4n) is 1.99.